The second-order valence-corrected chi connectivity index (χ2v) is 7.06. The van der Waals surface area contributed by atoms with Gasteiger partial charge in [-0.1, -0.05) is 29.8 Å². The molecular formula is C20H18F3N5O2. The summed E-state index contributed by atoms with van der Waals surface area (Å²) in [7, 11) is 0. The molecule has 0 amide bonds. The van der Waals surface area contributed by atoms with E-state index in [0.717, 1.165) is 11.1 Å². The summed E-state index contributed by atoms with van der Waals surface area (Å²) < 4.78 is 42.0. The molecule has 0 saturated carbocycles. The molecule has 4 rings (SSSR count). The van der Waals surface area contributed by atoms with E-state index in [0.29, 0.717) is 23.8 Å². The van der Waals surface area contributed by atoms with Gasteiger partial charge in [0.1, 0.15) is 6.10 Å². The van der Waals surface area contributed by atoms with Gasteiger partial charge in [-0.15, -0.1) is 13.2 Å². The number of alkyl halides is 3. The van der Waals surface area contributed by atoms with Crippen molar-refractivity contribution in [2.24, 2.45) is 0 Å². The molecule has 1 aromatic carbocycles. The highest BCUT2D eigenvalue weighted by atomic mass is 19.4. The average molecular weight is 417 g/mol. The first-order valence-electron chi connectivity index (χ1n) is 9.22. The van der Waals surface area contributed by atoms with Crippen LogP contribution >= 0.6 is 0 Å². The molecule has 0 spiro atoms. The third kappa shape index (κ3) is 4.65. The van der Waals surface area contributed by atoms with Crippen molar-refractivity contribution in [2.45, 2.75) is 25.9 Å². The van der Waals surface area contributed by atoms with Gasteiger partial charge in [-0.2, -0.15) is 5.10 Å². The van der Waals surface area contributed by atoms with E-state index in [-0.39, 0.29) is 18.6 Å². The summed E-state index contributed by atoms with van der Waals surface area (Å²) in [6.07, 6.45) is -2.50. The molecule has 1 fully saturated rings. The molecule has 0 bridgehead atoms. The van der Waals surface area contributed by atoms with Crippen LogP contribution in [0.3, 0.4) is 0 Å². The van der Waals surface area contributed by atoms with Crippen LogP contribution in [0.25, 0.3) is 11.3 Å². The minimum Gasteiger partial charge on any atom is -0.335 e. The van der Waals surface area contributed by atoms with Crippen molar-refractivity contribution in [2.75, 3.05) is 18.0 Å². The van der Waals surface area contributed by atoms with Crippen molar-refractivity contribution in [3.63, 3.8) is 0 Å². The Labute approximate surface area is 169 Å². The third-order valence-corrected chi connectivity index (χ3v) is 4.68. The maximum Gasteiger partial charge on any atom is 0.522 e. The number of hydrogen-bond acceptors (Lipinski definition) is 6. The van der Waals surface area contributed by atoms with Crippen LogP contribution in [-0.2, 0) is 11.3 Å². The van der Waals surface area contributed by atoms with Crippen LogP contribution in [0.4, 0.5) is 19.1 Å². The summed E-state index contributed by atoms with van der Waals surface area (Å²) in [6, 6.07) is 10.8. The Hall–Kier alpha value is -3.27. The summed E-state index contributed by atoms with van der Waals surface area (Å²) in [4.78, 5) is 22.2. The Morgan fingerprint density at radius 3 is 2.37 bits per heavy atom. The highest BCUT2D eigenvalue weighted by molar-refractivity contribution is 5.56. The zero-order valence-corrected chi connectivity index (χ0v) is 16.0. The van der Waals surface area contributed by atoms with Crippen LogP contribution in [0.15, 0.2) is 53.6 Å². The Morgan fingerprint density at radius 1 is 1.07 bits per heavy atom. The maximum atomic E-state index is 12.2. The smallest absolute Gasteiger partial charge is 0.335 e. The lowest BCUT2D eigenvalue weighted by molar-refractivity contribution is -0.344. The first-order valence-corrected chi connectivity index (χ1v) is 9.22. The second-order valence-electron chi connectivity index (χ2n) is 7.06. The zero-order valence-electron chi connectivity index (χ0n) is 16.0. The van der Waals surface area contributed by atoms with Crippen LogP contribution < -0.4 is 10.5 Å². The largest absolute Gasteiger partial charge is 0.522 e. The van der Waals surface area contributed by atoms with Gasteiger partial charge in [0.25, 0.3) is 5.56 Å². The van der Waals surface area contributed by atoms with Gasteiger partial charge < -0.3 is 4.90 Å². The Morgan fingerprint density at radius 2 is 1.73 bits per heavy atom. The number of rotatable bonds is 5. The number of nitrogens with zero attached hydrogens (tertiary/aromatic N) is 5. The summed E-state index contributed by atoms with van der Waals surface area (Å²) >= 11 is 0. The standard InChI is InChI=1S/C20H18F3N5O2/c1-13-2-4-14(5-3-13)10-28-18(29)7-6-17(26-28)15-8-24-19(25-9-15)27-11-16(12-27)30-20(21,22)23/h2-9,16H,10-12H2,1H3. The number of anilines is 1. The molecule has 3 aromatic rings. The monoisotopic (exact) mass is 417 g/mol. The lowest BCUT2D eigenvalue weighted by atomic mass is 10.1. The SMILES string of the molecule is Cc1ccc(Cn2nc(-c3cnc(N4CC(OC(F)(F)F)C4)nc3)ccc2=O)cc1. The predicted molar refractivity (Wildman–Crippen MR) is 103 cm³/mol. The third-order valence-electron chi connectivity index (χ3n) is 4.68. The topological polar surface area (TPSA) is 73.1 Å². The minimum absolute atomic E-state index is 0.0680. The number of aryl methyl sites for hydroxylation is 1. The Bertz CT molecular complexity index is 1080. The van der Waals surface area contributed by atoms with E-state index in [9.17, 15) is 18.0 Å². The lowest BCUT2D eigenvalue weighted by Crippen LogP contribution is -2.54. The fraction of sp³-hybridized carbons (Fsp3) is 0.300. The van der Waals surface area contributed by atoms with Gasteiger partial charge in [-0.3, -0.25) is 9.53 Å². The van der Waals surface area contributed by atoms with Crippen molar-refractivity contribution in [3.8, 4) is 11.3 Å². The Kier molecular flexibility index (Phi) is 5.25. The van der Waals surface area contributed by atoms with Crippen molar-refractivity contribution in [1.29, 1.82) is 0 Å². The number of ether oxygens (including phenoxy) is 1. The number of aromatic nitrogens is 4. The predicted octanol–water partition coefficient (Wildman–Crippen LogP) is 2.78. The van der Waals surface area contributed by atoms with E-state index in [1.165, 1.54) is 23.1 Å². The van der Waals surface area contributed by atoms with Crippen molar-refractivity contribution >= 4 is 5.95 Å². The van der Waals surface area contributed by atoms with Gasteiger partial charge in [0.05, 0.1) is 12.2 Å². The summed E-state index contributed by atoms with van der Waals surface area (Å²) in [5, 5.41) is 4.39. The fourth-order valence-electron chi connectivity index (χ4n) is 3.06. The molecule has 0 radical (unpaired) electrons. The highest BCUT2D eigenvalue weighted by Crippen LogP contribution is 2.26. The van der Waals surface area contributed by atoms with Crippen LogP contribution in [0.1, 0.15) is 11.1 Å². The van der Waals surface area contributed by atoms with E-state index in [1.54, 1.807) is 11.0 Å². The molecule has 0 aliphatic carbocycles. The molecule has 0 atom stereocenters. The molecule has 0 unspecified atom stereocenters. The van der Waals surface area contributed by atoms with Crippen LogP contribution in [0.5, 0.6) is 0 Å². The minimum atomic E-state index is -4.64. The number of halogens is 3. The van der Waals surface area contributed by atoms with Gasteiger partial charge in [0.2, 0.25) is 5.95 Å². The summed E-state index contributed by atoms with van der Waals surface area (Å²) in [5.74, 6) is 0.314. The van der Waals surface area contributed by atoms with E-state index in [4.69, 9.17) is 0 Å². The van der Waals surface area contributed by atoms with Gasteiger partial charge in [0, 0.05) is 37.1 Å². The number of benzene rings is 1. The van der Waals surface area contributed by atoms with E-state index in [1.807, 2.05) is 31.2 Å². The quantitative estimate of drug-likeness (QED) is 0.636. The molecule has 7 nitrogen and oxygen atoms in total. The van der Waals surface area contributed by atoms with Crippen LogP contribution in [-0.4, -0.2) is 45.3 Å². The lowest BCUT2D eigenvalue weighted by Gasteiger charge is -2.38. The highest BCUT2D eigenvalue weighted by Gasteiger charge is 2.40. The maximum absolute atomic E-state index is 12.2. The van der Waals surface area contributed by atoms with Crippen molar-refractivity contribution < 1.29 is 17.9 Å². The molecule has 30 heavy (non-hydrogen) atoms. The average Bonchev–Trinajstić information content (AvgIpc) is 2.67. The van der Waals surface area contributed by atoms with E-state index < -0.39 is 12.5 Å². The number of hydrogen-bond donors (Lipinski definition) is 0. The van der Waals surface area contributed by atoms with Gasteiger partial charge in [0.15, 0.2) is 0 Å². The van der Waals surface area contributed by atoms with Gasteiger partial charge in [-0.25, -0.2) is 14.6 Å². The first-order chi connectivity index (χ1) is 14.3. The fourth-order valence-corrected chi connectivity index (χ4v) is 3.06. The first kappa shape index (κ1) is 20.0. The van der Waals surface area contributed by atoms with Crippen LogP contribution in [0, 0.1) is 6.92 Å². The summed E-state index contributed by atoms with van der Waals surface area (Å²) in [6.45, 7) is 2.46. The molecule has 0 N–H and O–H groups in total. The van der Waals surface area contributed by atoms with Crippen LogP contribution in [0.2, 0.25) is 0 Å². The zero-order chi connectivity index (χ0) is 21.3. The molecule has 1 aliphatic heterocycles. The van der Waals surface area contributed by atoms with Crippen molar-refractivity contribution in [3.05, 3.63) is 70.3 Å². The Balaban J connectivity index is 1.46. The molecule has 2 aromatic heterocycles. The molecule has 10 heteroatoms. The van der Waals surface area contributed by atoms with Gasteiger partial charge >= 0.3 is 6.36 Å². The molecule has 1 saturated heterocycles. The van der Waals surface area contributed by atoms with Crippen molar-refractivity contribution in [1.82, 2.24) is 19.7 Å². The van der Waals surface area contributed by atoms with E-state index >= 15 is 0 Å². The molecule has 1 aliphatic rings. The van der Waals surface area contributed by atoms with E-state index in [2.05, 4.69) is 19.8 Å². The molecular weight excluding hydrogens is 399 g/mol. The summed E-state index contributed by atoms with van der Waals surface area (Å²) in [5.41, 5.74) is 2.97. The van der Waals surface area contributed by atoms with Gasteiger partial charge in [-0.05, 0) is 18.6 Å². The second kappa shape index (κ2) is 7.86. The normalized spacial score (nSPS) is 14.6. The molecule has 156 valence electrons. The molecule has 3 heterocycles.